The minimum absolute atomic E-state index is 0.313. The van der Waals surface area contributed by atoms with Crippen molar-refractivity contribution in [1.82, 2.24) is 5.32 Å². The zero-order valence-corrected chi connectivity index (χ0v) is 13.3. The first-order valence-corrected chi connectivity index (χ1v) is 8.62. The van der Waals surface area contributed by atoms with Crippen molar-refractivity contribution in [2.75, 3.05) is 37.8 Å². The van der Waals surface area contributed by atoms with E-state index < -0.39 is 0 Å². The van der Waals surface area contributed by atoms with Crippen molar-refractivity contribution in [3.63, 3.8) is 0 Å². The van der Waals surface area contributed by atoms with Gasteiger partial charge >= 0.3 is 0 Å². The van der Waals surface area contributed by atoms with Crippen LogP contribution < -0.4 is 10.2 Å². The van der Waals surface area contributed by atoms with Crippen LogP contribution in [0.1, 0.15) is 31.2 Å². The molecule has 4 nitrogen and oxygen atoms in total. The Morgan fingerprint density at radius 2 is 1.82 bits per heavy atom. The highest BCUT2D eigenvalue weighted by atomic mass is 16.5. The van der Waals surface area contributed by atoms with Gasteiger partial charge < -0.3 is 20.1 Å². The first-order chi connectivity index (χ1) is 10.9. The Bertz CT molecular complexity index is 443. The maximum absolute atomic E-state index is 9.48. The number of ether oxygens (including phenoxy) is 1. The summed E-state index contributed by atoms with van der Waals surface area (Å²) in [5, 5.41) is 13.1. The van der Waals surface area contributed by atoms with Crippen molar-refractivity contribution in [1.29, 1.82) is 0 Å². The molecule has 0 bridgehead atoms. The third-order valence-electron chi connectivity index (χ3n) is 5.02. The number of anilines is 1. The molecule has 2 aliphatic rings. The Morgan fingerprint density at radius 3 is 2.55 bits per heavy atom. The summed E-state index contributed by atoms with van der Waals surface area (Å²) >= 11 is 0. The minimum Gasteiger partial charge on any atom is -0.396 e. The van der Waals surface area contributed by atoms with Crippen molar-refractivity contribution in [3.8, 4) is 0 Å². The van der Waals surface area contributed by atoms with Gasteiger partial charge in [-0.15, -0.1) is 0 Å². The molecule has 3 rings (SSSR count). The fourth-order valence-corrected chi connectivity index (χ4v) is 3.59. The second-order valence-corrected chi connectivity index (χ2v) is 6.48. The lowest BCUT2D eigenvalue weighted by Crippen LogP contribution is -2.39. The topological polar surface area (TPSA) is 44.7 Å². The third-order valence-corrected chi connectivity index (χ3v) is 5.02. The number of aliphatic hydroxyl groups excluding tert-OH is 1. The summed E-state index contributed by atoms with van der Waals surface area (Å²) in [5.74, 6) is 0.432. The maximum Gasteiger partial charge on any atom is 0.0642 e. The van der Waals surface area contributed by atoms with Crippen LogP contribution in [0.25, 0.3) is 0 Å². The van der Waals surface area contributed by atoms with Gasteiger partial charge in [0.1, 0.15) is 0 Å². The second kappa shape index (κ2) is 7.95. The number of rotatable bonds is 5. The van der Waals surface area contributed by atoms with Gasteiger partial charge in [0.25, 0.3) is 0 Å². The van der Waals surface area contributed by atoms with E-state index in [1.54, 1.807) is 0 Å². The van der Waals surface area contributed by atoms with Crippen LogP contribution in [0.3, 0.4) is 0 Å². The molecular weight excluding hydrogens is 276 g/mol. The van der Waals surface area contributed by atoms with Crippen LogP contribution in [0.4, 0.5) is 5.69 Å². The SMILES string of the molecule is OCC1CCCCC1NCc1ccc(N2CCOCC2)cc1. The molecule has 0 radical (unpaired) electrons. The van der Waals surface area contributed by atoms with Crippen LogP contribution in [-0.2, 0) is 11.3 Å². The van der Waals surface area contributed by atoms with Gasteiger partial charge in [0.2, 0.25) is 0 Å². The summed E-state index contributed by atoms with van der Waals surface area (Å²) in [5.41, 5.74) is 2.61. The molecule has 2 N–H and O–H groups in total. The average Bonchev–Trinajstić information content (AvgIpc) is 2.61. The summed E-state index contributed by atoms with van der Waals surface area (Å²) in [6, 6.07) is 9.33. The lowest BCUT2D eigenvalue weighted by atomic mass is 9.85. The Kier molecular flexibility index (Phi) is 5.70. The predicted octanol–water partition coefficient (Wildman–Crippen LogP) is 2.16. The van der Waals surface area contributed by atoms with E-state index >= 15 is 0 Å². The maximum atomic E-state index is 9.48. The quantitative estimate of drug-likeness (QED) is 0.875. The van der Waals surface area contributed by atoms with Crippen molar-refractivity contribution >= 4 is 5.69 Å². The van der Waals surface area contributed by atoms with E-state index in [9.17, 15) is 5.11 Å². The molecule has 2 atom stereocenters. The average molecular weight is 304 g/mol. The van der Waals surface area contributed by atoms with Gasteiger partial charge in [0.15, 0.2) is 0 Å². The van der Waals surface area contributed by atoms with E-state index in [0.717, 1.165) is 39.3 Å². The van der Waals surface area contributed by atoms with Crippen LogP contribution >= 0.6 is 0 Å². The zero-order chi connectivity index (χ0) is 15.2. The monoisotopic (exact) mass is 304 g/mol. The van der Waals surface area contributed by atoms with Gasteiger partial charge in [0.05, 0.1) is 13.2 Å². The van der Waals surface area contributed by atoms with Gasteiger partial charge in [-0.2, -0.15) is 0 Å². The number of nitrogens with one attached hydrogen (secondary N) is 1. The van der Waals surface area contributed by atoms with Gasteiger partial charge in [-0.1, -0.05) is 25.0 Å². The fourth-order valence-electron chi connectivity index (χ4n) is 3.59. The minimum atomic E-state index is 0.313. The molecule has 1 heterocycles. The zero-order valence-electron chi connectivity index (χ0n) is 13.3. The molecule has 1 aliphatic carbocycles. The van der Waals surface area contributed by atoms with E-state index in [4.69, 9.17) is 4.74 Å². The highest BCUT2D eigenvalue weighted by Gasteiger charge is 2.23. The van der Waals surface area contributed by atoms with Crippen LogP contribution in [0.5, 0.6) is 0 Å². The second-order valence-electron chi connectivity index (χ2n) is 6.48. The number of benzene rings is 1. The fraction of sp³-hybridized carbons (Fsp3) is 0.667. The predicted molar refractivity (Wildman–Crippen MR) is 89.1 cm³/mol. The Morgan fingerprint density at radius 1 is 1.09 bits per heavy atom. The summed E-state index contributed by atoms with van der Waals surface area (Å²) < 4.78 is 5.40. The standard InChI is InChI=1S/C18H28N2O2/c21-14-16-3-1-2-4-18(16)19-13-15-5-7-17(8-6-15)20-9-11-22-12-10-20/h5-8,16,18-19,21H,1-4,9-14H2. The molecule has 1 saturated heterocycles. The van der Waals surface area contributed by atoms with E-state index in [1.165, 1.54) is 30.5 Å². The van der Waals surface area contributed by atoms with Crippen molar-refractivity contribution in [2.45, 2.75) is 38.3 Å². The summed E-state index contributed by atoms with van der Waals surface area (Å²) in [6.07, 6.45) is 4.89. The molecular formula is C18H28N2O2. The summed E-state index contributed by atoms with van der Waals surface area (Å²) in [6.45, 7) is 4.83. The van der Waals surface area contributed by atoms with Crippen LogP contribution in [0.2, 0.25) is 0 Å². The van der Waals surface area contributed by atoms with Crippen molar-refractivity contribution in [3.05, 3.63) is 29.8 Å². The van der Waals surface area contributed by atoms with E-state index in [1.807, 2.05) is 0 Å². The van der Waals surface area contributed by atoms with Crippen LogP contribution in [0, 0.1) is 5.92 Å². The Labute approximate surface area is 133 Å². The smallest absolute Gasteiger partial charge is 0.0642 e. The highest BCUT2D eigenvalue weighted by molar-refractivity contribution is 5.47. The van der Waals surface area contributed by atoms with Crippen LogP contribution in [-0.4, -0.2) is 44.1 Å². The molecule has 4 heteroatoms. The lowest BCUT2D eigenvalue weighted by molar-refractivity contribution is 0.122. The number of morpholine rings is 1. The third kappa shape index (κ3) is 4.00. The molecule has 2 unspecified atom stereocenters. The van der Waals surface area contributed by atoms with E-state index in [2.05, 4.69) is 34.5 Å². The largest absolute Gasteiger partial charge is 0.396 e. The lowest BCUT2D eigenvalue weighted by Gasteiger charge is -2.31. The van der Waals surface area contributed by atoms with Gasteiger partial charge in [-0.05, 0) is 36.5 Å². The van der Waals surface area contributed by atoms with E-state index in [0.29, 0.717) is 18.6 Å². The molecule has 22 heavy (non-hydrogen) atoms. The number of aliphatic hydroxyl groups is 1. The molecule has 2 fully saturated rings. The highest BCUT2D eigenvalue weighted by Crippen LogP contribution is 2.24. The van der Waals surface area contributed by atoms with E-state index in [-0.39, 0.29) is 0 Å². The van der Waals surface area contributed by atoms with Gasteiger partial charge in [-0.3, -0.25) is 0 Å². The molecule has 1 aromatic carbocycles. The van der Waals surface area contributed by atoms with Gasteiger partial charge in [0, 0.05) is 38.0 Å². The van der Waals surface area contributed by atoms with Crippen molar-refractivity contribution in [2.24, 2.45) is 5.92 Å². The molecule has 0 aromatic heterocycles. The summed E-state index contributed by atoms with van der Waals surface area (Å²) in [7, 11) is 0. The normalized spacial score (nSPS) is 26.1. The van der Waals surface area contributed by atoms with Gasteiger partial charge in [-0.25, -0.2) is 0 Å². The van der Waals surface area contributed by atoms with Crippen molar-refractivity contribution < 1.29 is 9.84 Å². The Balaban J connectivity index is 1.52. The molecule has 1 aliphatic heterocycles. The Hall–Kier alpha value is -1.10. The molecule has 1 saturated carbocycles. The summed E-state index contributed by atoms with van der Waals surface area (Å²) in [4.78, 5) is 2.38. The molecule has 0 spiro atoms. The molecule has 1 aromatic rings. The number of hydrogen-bond donors (Lipinski definition) is 2. The molecule has 0 amide bonds. The first kappa shape index (κ1) is 15.8. The first-order valence-electron chi connectivity index (χ1n) is 8.62. The van der Waals surface area contributed by atoms with Crippen LogP contribution in [0.15, 0.2) is 24.3 Å². The molecule has 122 valence electrons. The number of hydrogen-bond acceptors (Lipinski definition) is 4. The number of nitrogens with zero attached hydrogens (tertiary/aromatic N) is 1.